The zero-order valence-electron chi connectivity index (χ0n) is 11.2. The fourth-order valence-corrected chi connectivity index (χ4v) is 2.40. The van der Waals surface area contributed by atoms with Gasteiger partial charge in [-0.2, -0.15) is 0 Å². The van der Waals surface area contributed by atoms with Gasteiger partial charge < -0.3 is 20.1 Å². The Bertz CT molecular complexity index is 414. The first-order valence-corrected chi connectivity index (χ1v) is 6.62. The van der Waals surface area contributed by atoms with Crippen LogP contribution in [0, 0.1) is 5.82 Å². The molecule has 5 heteroatoms. The molecule has 1 aromatic carbocycles. The summed E-state index contributed by atoms with van der Waals surface area (Å²) in [5, 5.41) is 12.8. The third-order valence-electron chi connectivity index (χ3n) is 3.35. The summed E-state index contributed by atoms with van der Waals surface area (Å²) in [5.74, 6) is -0.222. The number of nitrogens with zero attached hydrogens (tertiary/aromatic N) is 1. The van der Waals surface area contributed by atoms with Crippen molar-refractivity contribution in [2.24, 2.45) is 0 Å². The number of β-amino-alcohol motifs (C(OH)–C–C–N with tert-alkyl or cyclic N) is 1. The molecule has 1 aliphatic heterocycles. The van der Waals surface area contributed by atoms with E-state index in [0.29, 0.717) is 38.3 Å². The predicted molar refractivity (Wildman–Crippen MR) is 72.8 cm³/mol. The number of nitrogens with one attached hydrogen (secondary N) is 1. The minimum Gasteiger partial charge on any atom is -0.391 e. The first-order chi connectivity index (χ1) is 9.22. The molecule has 0 aromatic heterocycles. The van der Waals surface area contributed by atoms with Crippen LogP contribution in [0.15, 0.2) is 18.2 Å². The van der Waals surface area contributed by atoms with Crippen molar-refractivity contribution in [2.75, 3.05) is 38.3 Å². The van der Waals surface area contributed by atoms with Crippen LogP contribution < -0.4 is 10.2 Å². The van der Waals surface area contributed by atoms with Crippen LogP contribution in [0.3, 0.4) is 0 Å². The zero-order chi connectivity index (χ0) is 13.7. The number of ether oxygens (including phenoxy) is 1. The highest BCUT2D eigenvalue weighted by Gasteiger charge is 2.24. The van der Waals surface area contributed by atoms with Crippen LogP contribution in [0.5, 0.6) is 0 Å². The van der Waals surface area contributed by atoms with E-state index >= 15 is 0 Å². The lowest BCUT2D eigenvalue weighted by Crippen LogP contribution is -2.26. The molecule has 4 nitrogen and oxygen atoms in total. The average Bonchev–Trinajstić information content (AvgIpc) is 2.81. The second kappa shape index (κ2) is 6.84. The van der Waals surface area contributed by atoms with E-state index in [2.05, 4.69) is 5.32 Å². The van der Waals surface area contributed by atoms with E-state index in [0.717, 1.165) is 12.1 Å². The molecule has 1 aromatic rings. The molecule has 1 atom stereocenters. The van der Waals surface area contributed by atoms with Gasteiger partial charge in [0.1, 0.15) is 5.82 Å². The lowest BCUT2D eigenvalue weighted by Gasteiger charge is -2.22. The van der Waals surface area contributed by atoms with E-state index in [1.807, 2.05) is 11.0 Å². The van der Waals surface area contributed by atoms with Crippen molar-refractivity contribution in [3.05, 3.63) is 29.6 Å². The van der Waals surface area contributed by atoms with Crippen LogP contribution in [0.25, 0.3) is 0 Å². The third kappa shape index (κ3) is 3.65. The number of para-hydroxylation sites is 1. The smallest absolute Gasteiger partial charge is 0.146 e. The maximum atomic E-state index is 14.0. The minimum absolute atomic E-state index is 0.222. The van der Waals surface area contributed by atoms with Crippen LogP contribution in [0.4, 0.5) is 10.1 Å². The molecule has 106 valence electrons. The van der Waals surface area contributed by atoms with Gasteiger partial charge in [0.2, 0.25) is 0 Å². The molecule has 1 fully saturated rings. The summed E-state index contributed by atoms with van der Waals surface area (Å²) in [6.07, 6.45) is 0.346. The normalized spacial score (nSPS) is 19.1. The van der Waals surface area contributed by atoms with E-state index in [9.17, 15) is 9.50 Å². The SMILES string of the molecule is COCCNCc1cccc(F)c1N1CCC(O)C1. The van der Waals surface area contributed by atoms with Gasteiger partial charge in [0.15, 0.2) is 0 Å². The molecular formula is C14H21FN2O2. The number of hydrogen-bond donors (Lipinski definition) is 2. The van der Waals surface area contributed by atoms with Crippen molar-refractivity contribution in [3.8, 4) is 0 Å². The van der Waals surface area contributed by atoms with Crippen LogP contribution in [0.2, 0.25) is 0 Å². The fourth-order valence-electron chi connectivity index (χ4n) is 2.40. The van der Waals surface area contributed by atoms with Crippen LogP contribution >= 0.6 is 0 Å². The molecular weight excluding hydrogens is 247 g/mol. The number of aliphatic hydroxyl groups excluding tert-OH is 1. The standard InChI is InChI=1S/C14H21FN2O2/c1-19-8-6-16-9-11-3-2-4-13(15)14(11)17-7-5-12(18)10-17/h2-4,12,16,18H,5-10H2,1H3. The highest BCUT2D eigenvalue weighted by atomic mass is 19.1. The Kier molecular flexibility index (Phi) is 5.13. The Morgan fingerprint density at radius 3 is 3.05 bits per heavy atom. The minimum atomic E-state index is -0.353. The summed E-state index contributed by atoms with van der Waals surface area (Å²) in [6.45, 7) is 3.17. The maximum absolute atomic E-state index is 14.0. The summed E-state index contributed by atoms with van der Waals surface area (Å²) in [4.78, 5) is 1.92. The van der Waals surface area contributed by atoms with E-state index in [1.165, 1.54) is 6.07 Å². The van der Waals surface area contributed by atoms with Gasteiger partial charge in [-0.15, -0.1) is 0 Å². The monoisotopic (exact) mass is 268 g/mol. The lowest BCUT2D eigenvalue weighted by molar-refractivity contribution is 0.198. The Hall–Kier alpha value is -1.17. The molecule has 1 aliphatic rings. The molecule has 0 radical (unpaired) electrons. The molecule has 1 saturated heterocycles. The van der Waals surface area contributed by atoms with Gasteiger partial charge in [-0.25, -0.2) is 4.39 Å². The molecule has 0 bridgehead atoms. The maximum Gasteiger partial charge on any atom is 0.146 e. The number of aliphatic hydroxyl groups is 1. The summed E-state index contributed by atoms with van der Waals surface area (Å²) < 4.78 is 19.0. The topological polar surface area (TPSA) is 44.7 Å². The molecule has 0 aliphatic carbocycles. The number of halogens is 1. The molecule has 0 amide bonds. The van der Waals surface area contributed by atoms with Gasteiger partial charge >= 0.3 is 0 Å². The zero-order valence-corrected chi connectivity index (χ0v) is 11.2. The number of benzene rings is 1. The molecule has 0 saturated carbocycles. The van der Waals surface area contributed by atoms with Gasteiger partial charge in [0, 0.05) is 33.3 Å². The lowest BCUT2D eigenvalue weighted by atomic mass is 10.1. The predicted octanol–water partition coefficient (Wildman–Crippen LogP) is 1.13. The summed E-state index contributed by atoms with van der Waals surface area (Å²) in [5.41, 5.74) is 1.54. The Morgan fingerprint density at radius 1 is 1.53 bits per heavy atom. The second-order valence-corrected chi connectivity index (χ2v) is 4.81. The van der Waals surface area contributed by atoms with Crippen molar-refractivity contribution in [1.29, 1.82) is 0 Å². The summed E-state index contributed by atoms with van der Waals surface area (Å²) in [7, 11) is 1.65. The average molecular weight is 268 g/mol. The Morgan fingerprint density at radius 2 is 2.37 bits per heavy atom. The van der Waals surface area contributed by atoms with E-state index in [1.54, 1.807) is 13.2 Å². The van der Waals surface area contributed by atoms with Gasteiger partial charge in [-0.05, 0) is 18.1 Å². The Labute approximate surface area is 113 Å². The number of hydrogen-bond acceptors (Lipinski definition) is 4. The molecule has 2 N–H and O–H groups in total. The number of methoxy groups -OCH3 is 1. The highest BCUT2D eigenvalue weighted by molar-refractivity contribution is 5.55. The van der Waals surface area contributed by atoms with E-state index < -0.39 is 0 Å². The van der Waals surface area contributed by atoms with Crippen LogP contribution in [-0.4, -0.2) is 44.6 Å². The van der Waals surface area contributed by atoms with E-state index in [-0.39, 0.29) is 11.9 Å². The molecule has 0 spiro atoms. The summed E-state index contributed by atoms with van der Waals surface area (Å²) >= 11 is 0. The molecule has 19 heavy (non-hydrogen) atoms. The van der Waals surface area contributed by atoms with Crippen molar-refractivity contribution in [3.63, 3.8) is 0 Å². The fraction of sp³-hybridized carbons (Fsp3) is 0.571. The second-order valence-electron chi connectivity index (χ2n) is 4.81. The highest BCUT2D eigenvalue weighted by Crippen LogP contribution is 2.27. The molecule has 1 unspecified atom stereocenters. The van der Waals surface area contributed by atoms with Crippen LogP contribution in [-0.2, 0) is 11.3 Å². The van der Waals surface area contributed by atoms with Crippen LogP contribution in [0.1, 0.15) is 12.0 Å². The summed E-state index contributed by atoms with van der Waals surface area (Å²) in [6, 6.07) is 5.11. The van der Waals surface area contributed by atoms with Gasteiger partial charge in [-0.1, -0.05) is 12.1 Å². The van der Waals surface area contributed by atoms with Gasteiger partial charge in [-0.3, -0.25) is 0 Å². The van der Waals surface area contributed by atoms with Crippen molar-refractivity contribution in [2.45, 2.75) is 19.1 Å². The van der Waals surface area contributed by atoms with Gasteiger partial charge in [0.25, 0.3) is 0 Å². The van der Waals surface area contributed by atoms with Crippen molar-refractivity contribution >= 4 is 5.69 Å². The largest absolute Gasteiger partial charge is 0.391 e. The van der Waals surface area contributed by atoms with Gasteiger partial charge in [0.05, 0.1) is 18.4 Å². The third-order valence-corrected chi connectivity index (χ3v) is 3.35. The molecule has 1 heterocycles. The van der Waals surface area contributed by atoms with Crippen molar-refractivity contribution < 1.29 is 14.2 Å². The first-order valence-electron chi connectivity index (χ1n) is 6.62. The molecule has 2 rings (SSSR count). The number of rotatable bonds is 6. The first kappa shape index (κ1) is 14.2. The quantitative estimate of drug-likeness (QED) is 0.759. The van der Waals surface area contributed by atoms with Crippen molar-refractivity contribution in [1.82, 2.24) is 5.32 Å². The van der Waals surface area contributed by atoms with E-state index in [4.69, 9.17) is 4.74 Å². The number of anilines is 1. The Balaban J connectivity index is 2.07.